The van der Waals surface area contributed by atoms with E-state index in [9.17, 15) is 14.4 Å². The van der Waals surface area contributed by atoms with Crippen LogP contribution >= 0.6 is 11.6 Å². The van der Waals surface area contributed by atoms with Gasteiger partial charge in [0.15, 0.2) is 0 Å². The van der Waals surface area contributed by atoms with Crippen molar-refractivity contribution in [3.63, 3.8) is 0 Å². The van der Waals surface area contributed by atoms with Gasteiger partial charge in [0.25, 0.3) is 0 Å². The van der Waals surface area contributed by atoms with Crippen molar-refractivity contribution in [3.8, 4) is 0 Å². The van der Waals surface area contributed by atoms with E-state index in [4.69, 9.17) is 16.3 Å². The van der Waals surface area contributed by atoms with Crippen molar-refractivity contribution in [3.05, 3.63) is 58.3 Å². The Morgan fingerprint density at radius 2 is 1.79 bits per heavy atom. The number of nitrogens with one attached hydrogen (secondary N) is 1. The lowest BCUT2D eigenvalue weighted by molar-refractivity contribution is -0.154. The Morgan fingerprint density at radius 3 is 2.41 bits per heavy atom. The molecule has 6 nitrogen and oxygen atoms in total. The van der Waals surface area contributed by atoms with E-state index in [0.29, 0.717) is 0 Å². The first-order chi connectivity index (χ1) is 13.9. The number of rotatable bonds is 7. The number of ether oxygens (including phenoxy) is 2. The standard InChI is InChI=1S/C22H24ClNO5/c1-3-28-20(25)14-19(24-21(26)22(27)29-4-2)12-15-8-10-16(11-9-15)17-6-5-7-18(23)13-17/h6,8-13H,3-5,7,14H2,1-2H3,(H,24,26). The third kappa shape index (κ3) is 7.23. The summed E-state index contributed by atoms with van der Waals surface area (Å²) in [6.07, 6.45) is 7.27. The second-order valence-electron chi connectivity index (χ2n) is 6.24. The molecule has 1 aromatic rings. The lowest BCUT2D eigenvalue weighted by Crippen LogP contribution is -2.32. The summed E-state index contributed by atoms with van der Waals surface area (Å²) in [6, 6.07) is 7.57. The highest BCUT2D eigenvalue weighted by atomic mass is 35.5. The zero-order valence-corrected chi connectivity index (χ0v) is 17.3. The molecule has 0 unspecified atom stereocenters. The number of esters is 2. The van der Waals surface area contributed by atoms with Gasteiger partial charge in [0.05, 0.1) is 19.6 Å². The molecule has 0 spiro atoms. The molecule has 2 rings (SSSR count). The van der Waals surface area contributed by atoms with Gasteiger partial charge in [-0.1, -0.05) is 41.9 Å². The Bertz CT molecular complexity index is 852. The molecule has 29 heavy (non-hydrogen) atoms. The van der Waals surface area contributed by atoms with Crippen molar-refractivity contribution in [2.45, 2.75) is 33.1 Å². The summed E-state index contributed by atoms with van der Waals surface area (Å²) >= 11 is 6.12. The van der Waals surface area contributed by atoms with Crippen LogP contribution in [0.3, 0.4) is 0 Å². The lowest BCUT2D eigenvalue weighted by atomic mass is 9.98. The molecule has 0 atom stereocenters. The summed E-state index contributed by atoms with van der Waals surface area (Å²) in [7, 11) is 0. The molecule has 7 heteroatoms. The van der Waals surface area contributed by atoms with E-state index >= 15 is 0 Å². The van der Waals surface area contributed by atoms with Crippen LogP contribution in [0.1, 0.15) is 44.2 Å². The minimum atomic E-state index is -1.01. The Hall–Kier alpha value is -2.86. The molecule has 1 aliphatic rings. The van der Waals surface area contributed by atoms with E-state index in [1.54, 1.807) is 19.9 Å². The van der Waals surface area contributed by atoms with E-state index in [2.05, 4.69) is 16.1 Å². The molecule has 0 fully saturated rings. The zero-order chi connectivity index (χ0) is 21.2. The number of hydrogen-bond acceptors (Lipinski definition) is 5. The van der Waals surface area contributed by atoms with Crippen LogP contribution in [-0.4, -0.2) is 31.1 Å². The van der Waals surface area contributed by atoms with Crippen LogP contribution in [-0.2, 0) is 23.9 Å². The monoisotopic (exact) mass is 417 g/mol. The zero-order valence-electron chi connectivity index (χ0n) is 16.5. The maximum Gasteiger partial charge on any atom is 0.397 e. The van der Waals surface area contributed by atoms with Crippen molar-refractivity contribution in [2.75, 3.05) is 13.2 Å². The third-order valence-corrected chi connectivity index (χ3v) is 4.32. The first-order valence-electron chi connectivity index (χ1n) is 9.43. The van der Waals surface area contributed by atoms with Gasteiger partial charge < -0.3 is 14.8 Å². The summed E-state index contributed by atoms with van der Waals surface area (Å²) in [5, 5.41) is 3.26. The summed E-state index contributed by atoms with van der Waals surface area (Å²) in [4.78, 5) is 35.4. The summed E-state index contributed by atoms with van der Waals surface area (Å²) in [5.41, 5.74) is 3.07. The molecule has 1 aliphatic carbocycles. The van der Waals surface area contributed by atoms with Crippen molar-refractivity contribution < 1.29 is 23.9 Å². The average Bonchev–Trinajstić information content (AvgIpc) is 2.68. The highest BCUT2D eigenvalue weighted by Crippen LogP contribution is 2.27. The molecule has 0 saturated heterocycles. The highest BCUT2D eigenvalue weighted by Gasteiger charge is 2.18. The maximum absolute atomic E-state index is 12.0. The fourth-order valence-electron chi connectivity index (χ4n) is 2.73. The normalized spacial score (nSPS) is 13.8. The topological polar surface area (TPSA) is 81.7 Å². The van der Waals surface area contributed by atoms with Gasteiger partial charge in [0.1, 0.15) is 0 Å². The van der Waals surface area contributed by atoms with Crippen LogP contribution in [0.2, 0.25) is 0 Å². The van der Waals surface area contributed by atoms with E-state index in [0.717, 1.165) is 34.6 Å². The van der Waals surface area contributed by atoms with Crippen LogP contribution in [0.25, 0.3) is 11.6 Å². The Kier molecular flexibility index (Phi) is 8.68. The number of amides is 1. The Labute approximate surface area is 175 Å². The minimum Gasteiger partial charge on any atom is -0.466 e. The van der Waals surface area contributed by atoms with Gasteiger partial charge in [0, 0.05) is 10.7 Å². The van der Waals surface area contributed by atoms with Crippen molar-refractivity contribution in [1.82, 2.24) is 5.32 Å². The number of halogens is 1. The van der Waals surface area contributed by atoms with Gasteiger partial charge in [-0.3, -0.25) is 9.59 Å². The van der Waals surface area contributed by atoms with Crippen LogP contribution < -0.4 is 5.32 Å². The highest BCUT2D eigenvalue weighted by molar-refractivity contribution is 6.33. The molecule has 1 aromatic carbocycles. The van der Waals surface area contributed by atoms with Crippen LogP contribution in [0, 0.1) is 0 Å². The van der Waals surface area contributed by atoms with Crippen LogP contribution in [0.4, 0.5) is 0 Å². The number of allylic oxidation sites excluding steroid dienone is 4. The van der Waals surface area contributed by atoms with Crippen molar-refractivity contribution in [2.24, 2.45) is 0 Å². The largest absolute Gasteiger partial charge is 0.466 e. The van der Waals surface area contributed by atoms with Crippen LogP contribution in [0.15, 0.2) is 47.1 Å². The second-order valence-corrected chi connectivity index (χ2v) is 6.72. The molecule has 1 amide bonds. The van der Waals surface area contributed by atoms with Gasteiger partial charge in [0.2, 0.25) is 0 Å². The molecule has 0 heterocycles. The van der Waals surface area contributed by atoms with Gasteiger partial charge >= 0.3 is 17.8 Å². The van der Waals surface area contributed by atoms with E-state index in [1.807, 2.05) is 30.3 Å². The molecule has 1 N–H and O–H groups in total. The summed E-state index contributed by atoms with van der Waals surface area (Å²) in [5.74, 6) is -2.46. The Balaban J connectivity index is 2.20. The second kappa shape index (κ2) is 11.2. The number of benzene rings is 1. The molecule has 0 aromatic heterocycles. The van der Waals surface area contributed by atoms with Gasteiger partial charge in [-0.15, -0.1) is 0 Å². The quantitative estimate of drug-likeness (QED) is 0.536. The third-order valence-electron chi connectivity index (χ3n) is 4.02. The van der Waals surface area contributed by atoms with Gasteiger partial charge in [-0.2, -0.15) is 0 Å². The fraction of sp³-hybridized carbons (Fsp3) is 0.318. The Morgan fingerprint density at radius 1 is 1.10 bits per heavy atom. The smallest absolute Gasteiger partial charge is 0.397 e. The predicted octanol–water partition coefficient (Wildman–Crippen LogP) is 3.96. The number of carbonyl (C=O) groups excluding carboxylic acids is 3. The lowest BCUT2D eigenvalue weighted by Gasteiger charge is -2.11. The van der Waals surface area contributed by atoms with Gasteiger partial charge in [-0.25, -0.2) is 4.79 Å². The number of carbonyl (C=O) groups is 3. The van der Waals surface area contributed by atoms with Crippen molar-refractivity contribution in [1.29, 1.82) is 0 Å². The molecule has 0 bridgehead atoms. The molecular formula is C22H24ClNO5. The molecule has 154 valence electrons. The average molecular weight is 418 g/mol. The van der Waals surface area contributed by atoms with Crippen molar-refractivity contribution >= 4 is 41.1 Å². The van der Waals surface area contributed by atoms with E-state index < -0.39 is 17.8 Å². The first kappa shape index (κ1) is 22.4. The van der Waals surface area contributed by atoms with Crippen LogP contribution in [0.5, 0.6) is 0 Å². The fourth-order valence-corrected chi connectivity index (χ4v) is 2.96. The summed E-state index contributed by atoms with van der Waals surface area (Å²) in [6.45, 7) is 3.60. The summed E-state index contributed by atoms with van der Waals surface area (Å²) < 4.78 is 9.62. The SMILES string of the molecule is CCOC(=O)CC(=Cc1ccc(C2=CCCC(Cl)=C2)cc1)NC(=O)C(=O)OCC. The molecule has 0 saturated carbocycles. The van der Waals surface area contributed by atoms with E-state index in [-0.39, 0.29) is 25.3 Å². The first-order valence-corrected chi connectivity index (χ1v) is 9.81. The van der Waals surface area contributed by atoms with E-state index in [1.165, 1.54) is 0 Å². The molecule has 0 aliphatic heterocycles. The predicted molar refractivity (Wildman–Crippen MR) is 112 cm³/mol. The molecule has 0 radical (unpaired) electrons. The number of hydrogen-bond donors (Lipinski definition) is 1. The van der Waals surface area contributed by atoms with Gasteiger partial charge in [-0.05, 0) is 55.5 Å². The molecular weight excluding hydrogens is 394 g/mol. The maximum atomic E-state index is 12.0. The minimum absolute atomic E-state index is 0.0823.